The van der Waals surface area contributed by atoms with Crippen molar-refractivity contribution in [1.29, 1.82) is 0 Å². The molecule has 0 radical (unpaired) electrons. The second-order valence-electron chi connectivity index (χ2n) is 5.10. The van der Waals surface area contributed by atoms with Crippen LogP contribution in [0, 0.1) is 6.92 Å². The van der Waals surface area contributed by atoms with Gasteiger partial charge in [0, 0.05) is 0 Å². The summed E-state index contributed by atoms with van der Waals surface area (Å²) in [5, 5.41) is -0.260. The molecule has 0 bridgehead atoms. The van der Waals surface area contributed by atoms with E-state index >= 15 is 0 Å². The first-order valence-electron chi connectivity index (χ1n) is 7.22. The molecule has 0 atom stereocenters. The van der Waals surface area contributed by atoms with Crippen LogP contribution < -0.4 is 4.90 Å². The van der Waals surface area contributed by atoms with Gasteiger partial charge in [-0.2, -0.15) is 0 Å². The number of hydrogen-bond donors (Lipinski definition) is 0. The molecule has 1 heterocycles. The van der Waals surface area contributed by atoms with Crippen molar-refractivity contribution in [1.82, 2.24) is 0 Å². The second-order valence-corrected chi connectivity index (χ2v) is 6.09. The van der Waals surface area contributed by atoms with Crippen LogP contribution in [0.2, 0.25) is 0 Å². The maximum Gasteiger partial charge on any atom is 0.298 e. The Balaban J connectivity index is 1.83. The second kappa shape index (κ2) is 6.67. The number of nitrogens with zero attached hydrogens (tertiary/aromatic N) is 1. The summed E-state index contributed by atoms with van der Waals surface area (Å²) < 4.78 is 0. The van der Waals surface area contributed by atoms with Crippen LogP contribution in [0.15, 0.2) is 71.7 Å². The third kappa shape index (κ3) is 3.27. The summed E-state index contributed by atoms with van der Waals surface area (Å²) in [6.45, 7) is 1.89. The molecule has 1 aliphatic heterocycles. The number of benzene rings is 2. The van der Waals surface area contributed by atoms with Gasteiger partial charge in [0.25, 0.3) is 11.1 Å². The van der Waals surface area contributed by atoms with E-state index in [-0.39, 0.29) is 11.1 Å². The molecular weight excluding hydrogens is 306 g/mol. The SMILES string of the molecule is Cc1ccccc1N1C(=O)S/C(=C\C=C\c2ccccc2)C1=O. The minimum absolute atomic E-state index is 0.260. The summed E-state index contributed by atoms with van der Waals surface area (Å²) in [6.07, 6.45) is 5.39. The fourth-order valence-corrected chi connectivity index (χ4v) is 3.10. The van der Waals surface area contributed by atoms with E-state index in [1.807, 2.05) is 61.5 Å². The molecule has 1 aliphatic rings. The number of hydrogen-bond acceptors (Lipinski definition) is 3. The zero-order valence-electron chi connectivity index (χ0n) is 12.6. The highest BCUT2D eigenvalue weighted by molar-refractivity contribution is 8.18. The summed E-state index contributed by atoms with van der Waals surface area (Å²) in [5.74, 6) is -0.271. The molecule has 114 valence electrons. The van der Waals surface area contributed by atoms with E-state index in [0.717, 1.165) is 22.9 Å². The van der Waals surface area contributed by atoms with Gasteiger partial charge in [0.05, 0.1) is 10.6 Å². The summed E-state index contributed by atoms with van der Waals surface area (Å²) in [7, 11) is 0. The van der Waals surface area contributed by atoms with Crippen LogP contribution in [0.25, 0.3) is 6.08 Å². The van der Waals surface area contributed by atoms with Gasteiger partial charge in [-0.25, -0.2) is 4.90 Å². The number of anilines is 1. The highest BCUT2D eigenvalue weighted by atomic mass is 32.2. The van der Waals surface area contributed by atoms with Gasteiger partial charge < -0.3 is 0 Å². The highest BCUT2D eigenvalue weighted by Gasteiger charge is 2.36. The lowest BCUT2D eigenvalue weighted by Crippen LogP contribution is -2.28. The Bertz CT molecular complexity index is 809. The smallest absolute Gasteiger partial charge is 0.268 e. The number of carbonyl (C=O) groups is 2. The summed E-state index contributed by atoms with van der Waals surface area (Å²) in [6, 6.07) is 17.2. The van der Waals surface area contributed by atoms with Crippen LogP contribution in [0.5, 0.6) is 0 Å². The van der Waals surface area contributed by atoms with Crippen LogP contribution in [-0.4, -0.2) is 11.1 Å². The molecule has 2 aromatic rings. The van der Waals surface area contributed by atoms with Gasteiger partial charge in [0.2, 0.25) is 0 Å². The third-order valence-electron chi connectivity index (χ3n) is 3.49. The van der Waals surface area contributed by atoms with Crippen molar-refractivity contribution in [2.75, 3.05) is 4.90 Å². The van der Waals surface area contributed by atoms with Crippen molar-refractivity contribution in [3.63, 3.8) is 0 Å². The number of thioether (sulfide) groups is 1. The average molecular weight is 321 g/mol. The van der Waals surface area contributed by atoms with Gasteiger partial charge in [-0.05, 0) is 42.0 Å². The molecule has 4 heteroatoms. The van der Waals surface area contributed by atoms with Crippen LogP contribution in [0.4, 0.5) is 10.5 Å². The van der Waals surface area contributed by atoms with Crippen molar-refractivity contribution in [3.8, 4) is 0 Å². The first-order valence-corrected chi connectivity index (χ1v) is 8.04. The monoisotopic (exact) mass is 321 g/mol. The largest absolute Gasteiger partial charge is 0.298 e. The summed E-state index contributed by atoms with van der Waals surface area (Å²) in [5.41, 5.74) is 2.59. The average Bonchev–Trinajstić information content (AvgIpc) is 2.83. The normalized spacial score (nSPS) is 16.7. The van der Waals surface area contributed by atoms with Crippen molar-refractivity contribution >= 4 is 34.7 Å². The number of rotatable bonds is 3. The van der Waals surface area contributed by atoms with E-state index in [0.29, 0.717) is 10.6 Å². The van der Waals surface area contributed by atoms with Gasteiger partial charge in [-0.1, -0.05) is 60.7 Å². The predicted octanol–water partition coefficient (Wildman–Crippen LogP) is 4.79. The Hall–Kier alpha value is -2.59. The maximum atomic E-state index is 12.5. The molecule has 0 aliphatic carbocycles. The van der Waals surface area contributed by atoms with Crippen molar-refractivity contribution in [3.05, 3.63) is 82.8 Å². The molecule has 2 aromatic carbocycles. The Kier molecular flexibility index (Phi) is 4.44. The number of para-hydroxylation sites is 1. The van der Waals surface area contributed by atoms with Crippen LogP contribution in [-0.2, 0) is 4.79 Å². The molecule has 23 heavy (non-hydrogen) atoms. The minimum Gasteiger partial charge on any atom is -0.268 e. The van der Waals surface area contributed by atoms with E-state index in [1.54, 1.807) is 18.2 Å². The van der Waals surface area contributed by atoms with Gasteiger partial charge in [-0.3, -0.25) is 9.59 Å². The van der Waals surface area contributed by atoms with Gasteiger partial charge in [-0.15, -0.1) is 0 Å². The quantitative estimate of drug-likeness (QED) is 0.763. The standard InChI is InChI=1S/C19H15NO2S/c1-14-8-5-6-12-16(14)20-18(21)17(23-19(20)22)13-7-11-15-9-3-2-4-10-15/h2-13H,1H3/b11-7+,17-13-. The van der Waals surface area contributed by atoms with E-state index in [4.69, 9.17) is 0 Å². The van der Waals surface area contributed by atoms with Gasteiger partial charge in [0.1, 0.15) is 0 Å². The minimum atomic E-state index is -0.271. The van der Waals surface area contributed by atoms with Gasteiger partial charge >= 0.3 is 0 Å². The van der Waals surface area contributed by atoms with Crippen molar-refractivity contribution < 1.29 is 9.59 Å². The van der Waals surface area contributed by atoms with E-state index in [2.05, 4.69) is 0 Å². The molecule has 3 rings (SSSR count). The van der Waals surface area contributed by atoms with Crippen LogP contribution in [0.3, 0.4) is 0 Å². The fraction of sp³-hybridized carbons (Fsp3) is 0.0526. The Morgan fingerprint density at radius 1 is 0.957 bits per heavy atom. The number of amides is 2. The van der Waals surface area contributed by atoms with E-state index < -0.39 is 0 Å². The number of carbonyl (C=O) groups excluding carboxylic acids is 2. The number of aryl methyl sites for hydroxylation is 1. The Morgan fingerprint density at radius 2 is 1.65 bits per heavy atom. The van der Waals surface area contributed by atoms with E-state index in [9.17, 15) is 9.59 Å². The van der Waals surface area contributed by atoms with E-state index in [1.165, 1.54) is 4.90 Å². The fourth-order valence-electron chi connectivity index (χ4n) is 2.31. The molecule has 0 N–H and O–H groups in total. The first-order chi connectivity index (χ1) is 11.2. The molecule has 3 nitrogen and oxygen atoms in total. The lowest BCUT2D eigenvalue weighted by atomic mass is 10.2. The van der Waals surface area contributed by atoms with Crippen molar-refractivity contribution in [2.24, 2.45) is 0 Å². The molecule has 0 spiro atoms. The lowest BCUT2D eigenvalue weighted by Gasteiger charge is -2.14. The van der Waals surface area contributed by atoms with Crippen LogP contribution in [0.1, 0.15) is 11.1 Å². The Morgan fingerprint density at radius 3 is 2.39 bits per heavy atom. The molecule has 1 fully saturated rings. The number of imide groups is 1. The maximum absolute atomic E-state index is 12.5. The molecule has 0 unspecified atom stereocenters. The Labute approximate surface area is 139 Å². The van der Waals surface area contributed by atoms with Crippen molar-refractivity contribution in [2.45, 2.75) is 6.92 Å². The zero-order valence-corrected chi connectivity index (χ0v) is 13.4. The molecule has 1 saturated heterocycles. The van der Waals surface area contributed by atoms with Crippen LogP contribution >= 0.6 is 11.8 Å². The summed E-state index contributed by atoms with van der Waals surface area (Å²) in [4.78, 5) is 26.4. The molecular formula is C19H15NO2S. The third-order valence-corrected chi connectivity index (χ3v) is 4.37. The number of allylic oxidation sites excluding steroid dienone is 2. The topological polar surface area (TPSA) is 37.4 Å². The first kappa shape index (κ1) is 15.3. The molecule has 0 aromatic heterocycles. The van der Waals surface area contributed by atoms with Gasteiger partial charge in [0.15, 0.2) is 0 Å². The predicted molar refractivity (Wildman–Crippen MR) is 95.2 cm³/mol. The zero-order chi connectivity index (χ0) is 16.2. The summed E-state index contributed by atoms with van der Waals surface area (Å²) >= 11 is 0.968. The highest BCUT2D eigenvalue weighted by Crippen LogP contribution is 2.35. The molecule has 0 saturated carbocycles. The lowest BCUT2D eigenvalue weighted by molar-refractivity contribution is -0.113. The molecule has 2 amide bonds.